The predicted molar refractivity (Wildman–Crippen MR) is 36.9 cm³/mol. The summed E-state index contributed by atoms with van der Waals surface area (Å²) < 4.78 is 9.42. The number of ether oxygens (including phenoxy) is 2. The van der Waals surface area contributed by atoms with Crippen molar-refractivity contribution >= 4 is 5.97 Å². The van der Waals surface area contributed by atoms with Crippen molar-refractivity contribution in [1.29, 1.82) is 0 Å². The van der Waals surface area contributed by atoms with Crippen LogP contribution in [-0.2, 0) is 14.3 Å². The van der Waals surface area contributed by atoms with E-state index in [4.69, 9.17) is 9.84 Å². The van der Waals surface area contributed by atoms with E-state index >= 15 is 0 Å². The molecule has 4 nitrogen and oxygen atoms in total. The van der Waals surface area contributed by atoms with E-state index in [-0.39, 0.29) is 19.3 Å². The monoisotopic (exact) mass is 158 g/mol. The maximum absolute atomic E-state index is 10.8. The van der Waals surface area contributed by atoms with Crippen molar-refractivity contribution in [2.75, 3.05) is 13.2 Å². The molecule has 1 N–H and O–H groups in total. The van der Waals surface area contributed by atoms with E-state index in [1.54, 1.807) is 0 Å². The number of hydrogen-bond donors (Lipinski definition) is 1. The summed E-state index contributed by atoms with van der Waals surface area (Å²) in [5.41, 5.74) is 0. The number of aliphatic hydroxyl groups excluding tert-OH is 1. The maximum atomic E-state index is 10.8. The van der Waals surface area contributed by atoms with Crippen LogP contribution in [0.4, 0.5) is 0 Å². The Morgan fingerprint density at radius 1 is 1.82 bits per heavy atom. The lowest BCUT2D eigenvalue weighted by molar-refractivity contribution is -0.143. The molecule has 0 aromatic carbocycles. The van der Waals surface area contributed by atoms with Gasteiger partial charge in [0.05, 0.1) is 6.61 Å². The highest BCUT2D eigenvalue weighted by atomic mass is 16.6. The van der Waals surface area contributed by atoms with Crippen LogP contribution in [0.2, 0.25) is 0 Å². The van der Waals surface area contributed by atoms with Crippen LogP contribution < -0.4 is 0 Å². The minimum absolute atomic E-state index is 0.131. The Morgan fingerprint density at radius 2 is 2.55 bits per heavy atom. The minimum atomic E-state index is -0.556. The molecule has 0 amide bonds. The second-order valence-corrected chi connectivity index (χ2v) is 2.20. The van der Waals surface area contributed by atoms with Gasteiger partial charge < -0.3 is 14.6 Å². The number of carbonyl (C=O) groups excluding carboxylic acids is 1. The second-order valence-electron chi connectivity index (χ2n) is 2.20. The van der Waals surface area contributed by atoms with E-state index < -0.39 is 12.1 Å². The molecule has 1 aliphatic rings. The van der Waals surface area contributed by atoms with Gasteiger partial charge in [-0.15, -0.1) is 0 Å². The van der Waals surface area contributed by atoms with Crippen molar-refractivity contribution < 1.29 is 19.4 Å². The van der Waals surface area contributed by atoms with Crippen molar-refractivity contribution in [2.24, 2.45) is 0 Å². The van der Waals surface area contributed by atoms with Gasteiger partial charge in [-0.3, -0.25) is 0 Å². The summed E-state index contributed by atoms with van der Waals surface area (Å²) in [6.45, 7) is 3.44. The van der Waals surface area contributed by atoms with E-state index in [1.807, 2.05) is 0 Å². The van der Waals surface area contributed by atoms with E-state index in [0.29, 0.717) is 0 Å². The molecule has 0 saturated carbocycles. The first kappa shape index (κ1) is 8.23. The maximum Gasteiger partial charge on any atom is 0.338 e. The smallest absolute Gasteiger partial charge is 0.338 e. The van der Waals surface area contributed by atoms with Gasteiger partial charge in [0.15, 0.2) is 6.10 Å². The SMILES string of the molecule is C=CCOC(=O)C1OC1CO. The van der Waals surface area contributed by atoms with Crippen molar-refractivity contribution in [3.8, 4) is 0 Å². The topological polar surface area (TPSA) is 59.1 Å². The summed E-state index contributed by atoms with van der Waals surface area (Å²) in [5.74, 6) is -0.427. The van der Waals surface area contributed by atoms with Crippen LogP contribution in [-0.4, -0.2) is 36.5 Å². The number of aliphatic hydroxyl groups is 1. The van der Waals surface area contributed by atoms with Gasteiger partial charge in [0.25, 0.3) is 0 Å². The van der Waals surface area contributed by atoms with Gasteiger partial charge >= 0.3 is 5.97 Å². The average molecular weight is 158 g/mol. The molecular formula is C7H10O4. The first-order valence-electron chi connectivity index (χ1n) is 3.33. The Balaban J connectivity index is 2.17. The van der Waals surface area contributed by atoms with Crippen LogP contribution in [0.5, 0.6) is 0 Å². The zero-order valence-electron chi connectivity index (χ0n) is 6.03. The number of rotatable bonds is 4. The fourth-order valence-corrected chi connectivity index (χ4v) is 0.712. The molecule has 1 aliphatic heterocycles. The van der Waals surface area contributed by atoms with Crippen molar-refractivity contribution in [2.45, 2.75) is 12.2 Å². The first-order chi connectivity index (χ1) is 5.29. The Bertz CT molecular complexity index is 166. The zero-order chi connectivity index (χ0) is 8.27. The van der Waals surface area contributed by atoms with Crippen molar-refractivity contribution in [3.63, 3.8) is 0 Å². The molecule has 2 atom stereocenters. The third-order valence-corrected chi connectivity index (χ3v) is 1.34. The fraction of sp³-hybridized carbons (Fsp3) is 0.571. The van der Waals surface area contributed by atoms with Crippen LogP contribution in [0.1, 0.15) is 0 Å². The molecule has 0 aromatic rings. The Kier molecular flexibility index (Phi) is 2.62. The van der Waals surface area contributed by atoms with Crippen LogP contribution in [0.3, 0.4) is 0 Å². The van der Waals surface area contributed by atoms with Gasteiger partial charge in [-0.25, -0.2) is 4.79 Å². The van der Waals surface area contributed by atoms with Crippen molar-refractivity contribution in [3.05, 3.63) is 12.7 Å². The first-order valence-corrected chi connectivity index (χ1v) is 3.33. The number of epoxide rings is 1. The molecule has 1 fully saturated rings. The molecule has 0 aliphatic carbocycles. The summed E-state index contributed by atoms with van der Waals surface area (Å²) in [4.78, 5) is 10.8. The molecule has 0 aromatic heterocycles. The molecule has 11 heavy (non-hydrogen) atoms. The van der Waals surface area contributed by atoms with Gasteiger partial charge in [-0.1, -0.05) is 12.7 Å². The molecule has 1 saturated heterocycles. The highest BCUT2D eigenvalue weighted by Crippen LogP contribution is 2.22. The summed E-state index contributed by atoms with van der Waals surface area (Å²) in [6, 6.07) is 0. The standard InChI is InChI=1S/C7H10O4/c1-2-3-10-7(9)6-5(4-8)11-6/h2,5-6,8H,1,3-4H2. The van der Waals surface area contributed by atoms with Crippen molar-refractivity contribution in [1.82, 2.24) is 0 Å². The molecular weight excluding hydrogens is 148 g/mol. The Morgan fingerprint density at radius 3 is 3.00 bits per heavy atom. The summed E-state index contributed by atoms with van der Waals surface area (Å²) in [6.07, 6.45) is 0.570. The molecule has 4 heteroatoms. The lowest BCUT2D eigenvalue weighted by Crippen LogP contribution is -2.15. The van der Waals surface area contributed by atoms with Crippen LogP contribution >= 0.6 is 0 Å². The molecule has 0 spiro atoms. The lowest BCUT2D eigenvalue weighted by Gasteiger charge is -1.95. The van der Waals surface area contributed by atoms with E-state index in [9.17, 15) is 4.79 Å². The number of esters is 1. The number of hydrogen-bond acceptors (Lipinski definition) is 4. The molecule has 0 radical (unpaired) electrons. The number of carbonyl (C=O) groups is 1. The molecule has 2 unspecified atom stereocenters. The fourth-order valence-electron chi connectivity index (χ4n) is 0.712. The highest BCUT2D eigenvalue weighted by Gasteiger charge is 2.45. The van der Waals surface area contributed by atoms with Gasteiger partial charge in [-0.05, 0) is 0 Å². The highest BCUT2D eigenvalue weighted by molar-refractivity contribution is 5.78. The third-order valence-electron chi connectivity index (χ3n) is 1.34. The summed E-state index contributed by atoms with van der Waals surface area (Å²) >= 11 is 0. The van der Waals surface area contributed by atoms with Crippen LogP contribution in [0.25, 0.3) is 0 Å². The second kappa shape index (κ2) is 3.50. The average Bonchev–Trinajstić information content (AvgIpc) is 2.78. The van der Waals surface area contributed by atoms with Gasteiger partial charge in [0.1, 0.15) is 12.7 Å². The van der Waals surface area contributed by atoms with E-state index in [1.165, 1.54) is 6.08 Å². The normalized spacial score (nSPS) is 27.7. The lowest BCUT2D eigenvalue weighted by atomic mass is 10.3. The minimum Gasteiger partial charge on any atom is -0.459 e. The molecule has 1 heterocycles. The van der Waals surface area contributed by atoms with Crippen LogP contribution in [0.15, 0.2) is 12.7 Å². The molecule has 1 rings (SSSR count). The van der Waals surface area contributed by atoms with Gasteiger partial charge in [0, 0.05) is 0 Å². The quantitative estimate of drug-likeness (QED) is 0.339. The predicted octanol–water partition coefficient (Wildman–Crippen LogP) is -0.525. The van der Waals surface area contributed by atoms with E-state index in [0.717, 1.165) is 0 Å². The van der Waals surface area contributed by atoms with Gasteiger partial charge in [0.2, 0.25) is 0 Å². The third kappa shape index (κ3) is 2.03. The molecule has 62 valence electrons. The van der Waals surface area contributed by atoms with Crippen LogP contribution in [0, 0.1) is 0 Å². The van der Waals surface area contributed by atoms with E-state index in [2.05, 4.69) is 11.3 Å². The Labute approximate surface area is 64.4 Å². The van der Waals surface area contributed by atoms with Gasteiger partial charge in [-0.2, -0.15) is 0 Å². The molecule has 0 bridgehead atoms. The summed E-state index contributed by atoms with van der Waals surface area (Å²) in [7, 11) is 0. The Hall–Kier alpha value is -0.870. The summed E-state index contributed by atoms with van der Waals surface area (Å²) in [5, 5.41) is 8.50. The zero-order valence-corrected chi connectivity index (χ0v) is 6.03. The largest absolute Gasteiger partial charge is 0.459 e.